The van der Waals surface area contributed by atoms with E-state index in [1.165, 1.54) is 13.2 Å². The number of rotatable bonds is 8. The number of hydrogen-bond donors (Lipinski definition) is 1. The fourth-order valence-corrected chi connectivity index (χ4v) is 3.24. The summed E-state index contributed by atoms with van der Waals surface area (Å²) in [5.74, 6) is -0.266. The zero-order valence-electron chi connectivity index (χ0n) is 16.9. The number of carbonyl (C=O) groups excluding carboxylic acids is 2. The minimum atomic E-state index is -0.408. The highest BCUT2D eigenvalue weighted by Crippen LogP contribution is 2.18. The number of methoxy groups -OCH3 is 1. The van der Waals surface area contributed by atoms with Crippen molar-refractivity contribution in [1.82, 2.24) is 15.1 Å². The highest BCUT2D eigenvalue weighted by atomic mass is 19.1. The van der Waals surface area contributed by atoms with Crippen molar-refractivity contribution in [2.24, 2.45) is 0 Å². The number of hydrogen-bond acceptors (Lipinski definition) is 5. The molecular formula is C20H30FN3O4. The number of ether oxygens (including phenoxy) is 2. The molecule has 1 saturated heterocycles. The number of nitrogens with zero attached hydrogens (tertiary/aromatic N) is 2. The summed E-state index contributed by atoms with van der Waals surface area (Å²) in [5.41, 5.74) is 0.788. The predicted molar refractivity (Wildman–Crippen MR) is 104 cm³/mol. The Morgan fingerprint density at radius 1 is 1.29 bits per heavy atom. The molecule has 0 radical (unpaired) electrons. The number of likely N-dealkylation sites (N-methyl/N-ethyl adjacent to an activating group) is 1. The van der Waals surface area contributed by atoms with Crippen LogP contribution in [0.25, 0.3) is 0 Å². The van der Waals surface area contributed by atoms with Crippen molar-refractivity contribution < 1.29 is 23.5 Å². The van der Waals surface area contributed by atoms with Gasteiger partial charge in [-0.1, -0.05) is 13.0 Å². The van der Waals surface area contributed by atoms with Crippen LogP contribution in [0.4, 0.5) is 9.18 Å². The second kappa shape index (κ2) is 10.8. The lowest BCUT2D eigenvalue weighted by Crippen LogP contribution is -2.48. The summed E-state index contributed by atoms with van der Waals surface area (Å²) < 4.78 is 23.8. The van der Waals surface area contributed by atoms with Crippen LogP contribution >= 0.6 is 0 Å². The van der Waals surface area contributed by atoms with Crippen LogP contribution in [0.15, 0.2) is 18.2 Å². The van der Waals surface area contributed by atoms with Crippen LogP contribution in [0.5, 0.6) is 5.75 Å². The van der Waals surface area contributed by atoms with Crippen LogP contribution in [0.3, 0.4) is 0 Å². The highest BCUT2D eigenvalue weighted by Gasteiger charge is 2.24. The van der Waals surface area contributed by atoms with Gasteiger partial charge in [0.05, 0.1) is 20.3 Å². The van der Waals surface area contributed by atoms with E-state index in [1.54, 1.807) is 24.0 Å². The normalized spacial score (nSPS) is 14.8. The van der Waals surface area contributed by atoms with Gasteiger partial charge in [-0.05, 0) is 44.0 Å². The second-order valence-electron chi connectivity index (χ2n) is 6.80. The molecule has 1 fully saturated rings. The van der Waals surface area contributed by atoms with Crippen LogP contribution in [0.2, 0.25) is 0 Å². The molecule has 0 bridgehead atoms. The summed E-state index contributed by atoms with van der Waals surface area (Å²) in [4.78, 5) is 27.7. The average molecular weight is 395 g/mol. The molecule has 0 aromatic heterocycles. The molecular weight excluding hydrogens is 365 g/mol. The van der Waals surface area contributed by atoms with E-state index in [2.05, 4.69) is 5.32 Å². The fourth-order valence-electron chi connectivity index (χ4n) is 3.24. The van der Waals surface area contributed by atoms with Gasteiger partial charge in [0, 0.05) is 25.7 Å². The van der Waals surface area contributed by atoms with Crippen LogP contribution in [-0.4, -0.2) is 67.7 Å². The van der Waals surface area contributed by atoms with Gasteiger partial charge in [0.2, 0.25) is 5.91 Å². The molecule has 1 aromatic rings. The van der Waals surface area contributed by atoms with E-state index in [0.717, 1.165) is 5.56 Å². The molecule has 0 spiro atoms. The smallest absolute Gasteiger partial charge is 0.409 e. The zero-order valence-corrected chi connectivity index (χ0v) is 16.9. The Labute approximate surface area is 165 Å². The SMILES string of the molecule is CCOC(=O)N1CCC(NC(=O)CN(CC)Cc2ccc(OC)c(F)c2)CC1. The molecule has 1 aliphatic heterocycles. The number of likely N-dealkylation sites (tertiary alicyclic amines) is 1. The minimum absolute atomic E-state index is 0.0512. The molecule has 1 aromatic carbocycles. The van der Waals surface area contributed by atoms with Crippen molar-refractivity contribution in [3.05, 3.63) is 29.6 Å². The van der Waals surface area contributed by atoms with E-state index >= 15 is 0 Å². The van der Waals surface area contributed by atoms with Gasteiger partial charge in [0.25, 0.3) is 0 Å². The number of halogens is 1. The number of benzene rings is 1. The quantitative estimate of drug-likeness (QED) is 0.732. The third kappa shape index (κ3) is 6.37. The van der Waals surface area contributed by atoms with Crippen molar-refractivity contribution in [3.8, 4) is 5.75 Å². The number of nitrogens with one attached hydrogen (secondary N) is 1. The van der Waals surface area contributed by atoms with E-state index in [4.69, 9.17) is 9.47 Å². The maximum atomic E-state index is 13.9. The summed E-state index contributed by atoms with van der Waals surface area (Å²) in [6.45, 7) is 6.64. The maximum Gasteiger partial charge on any atom is 0.409 e. The van der Waals surface area contributed by atoms with Gasteiger partial charge in [-0.15, -0.1) is 0 Å². The molecule has 1 heterocycles. The first-order valence-electron chi connectivity index (χ1n) is 9.72. The molecule has 8 heteroatoms. The Bertz CT molecular complexity index is 663. The van der Waals surface area contributed by atoms with Crippen molar-refractivity contribution in [2.75, 3.05) is 39.9 Å². The van der Waals surface area contributed by atoms with Crippen LogP contribution < -0.4 is 10.1 Å². The van der Waals surface area contributed by atoms with Crippen LogP contribution in [-0.2, 0) is 16.1 Å². The second-order valence-corrected chi connectivity index (χ2v) is 6.80. The molecule has 2 amide bonds. The average Bonchev–Trinajstić information content (AvgIpc) is 2.68. The van der Waals surface area contributed by atoms with E-state index in [1.807, 2.05) is 11.8 Å². The molecule has 0 aliphatic carbocycles. The summed E-state index contributed by atoms with van der Waals surface area (Å²) in [6, 6.07) is 4.88. The molecule has 0 saturated carbocycles. The lowest BCUT2D eigenvalue weighted by atomic mass is 10.1. The number of carbonyl (C=O) groups is 2. The molecule has 1 N–H and O–H groups in total. The minimum Gasteiger partial charge on any atom is -0.494 e. The van der Waals surface area contributed by atoms with E-state index in [0.29, 0.717) is 45.6 Å². The molecule has 28 heavy (non-hydrogen) atoms. The van der Waals surface area contributed by atoms with Gasteiger partial charge in [-0.25, -0.2) is 9.18 Å². The Balaban J connectivity index is 1.79. The van der Waals surface area contributed by atoms with E-state index in [9.17, 15) is 14.0 Å². The van der Waals surface area contributed by atoms with E-state index < -0.39 is 5.82 Å². The zero-order chi connectivity index (χ0) is 20.5. The molecule has 0 atom stereocenters. The summed E-state index contributed by atoms with van der Waals surface area (Å²) in [6.07, 6.45) is 1.12. The van der Waals surface area contributed by atoms with Gasteiger partial charge >= 0.3 is 6.09 Å². The molecule has 1 aliphatic rings. The standard InChI is InChI=1S/C20H30FN3O4/c1-4-23(13-15-6-7-18(27-3)17(21)12-15)14-19(25)22-16-8-10-24(11-9-16)20(26)28-5-2/h6-7,12,16H,4-5,8-11,13-14H2,1-3H3,(H,22,25). The first kappa shape index (κ1) is 21.9. The predicted octanol–water partition coefficient (Wildman–Crippen LogP) is 2.39. The topological polar surface area (TPSA) is 71.1 Å². The number of piperidine rings is 1. The summed E-state index contributed by atoms with van der Waals surface area (Å²) in [7, 11) is 1.43. The Kier molecular flexibility index (Phi) is 8.50. The van der Waals surface area contributed by atoms with Crippen LogP contribution in [0.1, 0.15) is 32.3 Å². The molecule has 156 valence electrons. The Hall–Kier alpha value is -2.35. The number of amides is 2. The largest absolute Gasteiger partial charge is 0.494 e. The maximum absolute atomic E-state index is 13.9. The van der Waals surface area contributed by atoms with Gasteiger partial charge in [0.15, 0.2) is 11.6 Å². The Morgan fingerprint density at radius 3 is 2.57 bits per heavy atom. The first-order chi connectivity index (χ1) is 13.5. The molecule has 7 nitrogen and oxygen atoms in total. The van der Waals surface area contributed by atoms with Crippen molar-refractivity contribution in [1.29, 1.82) is 0 Å². The van der Waals surface area contributed by atoms with Crippen LogP contribution in [0, 0.1) is 5.82 Å². The van der Waals surface area contributed by atoms with E-state index in [-0.39, 0.29) is 30.3 Å². The third-order valence-electron chi connectivity index (χ3n) is 4.82. The third-order valence-corrected chi connectivity index (χ3v) is 4.82. The fraction of sp³-hybridized carbons (Fsp3) is 0.600. The van der Waals surface area contributed by atoms with Crippen molar-refractivity contribution in [2.45, 2.75) is 39.3 Å². The lowest BCUT2D eigenvalue weighted by Gasteiger charge is -2.32. The van der Waals surface area contributed by atoms with Gasteiger partial charge in [-0.2, -0.15) is 0 Å². The highest BCUT2D eigenvalue weighted by molar-refractivity contribution is 5.78. The monoisotopic (exact) mass is 395 g/mol. The first-order valence-corrected chi connectivity index (χ1v) is 9.72. The summed E-state index contributed by atoms with van der Waals surface area (Å²) >= 11 is 0. The molecule has 2 rings (SSSR count). The van der Waals surface area contributed by atoms with Crippen molar-refractivity contribution >= 4 is 12.0 Å². The lowest BCUT2D eigenvalue weighted by molar-refractivity contribution is -0.123. The van der Waals surface area contributed by atoms with Gasteiger partial charge < -0.3 is 19.7 Å². The van der Waals surface area contributed by atoms with Crippen molar-refractivity contribution in [3.63, 3.8) is 0 Å². The van der Waals surface area contributed by atoms with Gasteiger partial charge in [0.1, 0.15) is 0 Å². The Morgan fingerprint density at radius 2 is 2.00 bits per heavy atom. The summed E-state index contributed by atoms with van der Waals surface area (Å²) in [5, 5.41) is 3.04. The molecule has 0 unspecified atom stereocenters. The van der Waals surface area contributed by atoms with Gasteiger partial charge in [-0.3, -0.25) is 9.69 Å².